The van der Waals surface area contributed by atoms with E-state index in [1.807, 2.05) is 0 Å². The third kappa shape index (κ3) is 5.92. The molecule has 1 heterocycles. The van der Waals surface area contributed by atoms with Crippen LogP contribution in [0.3, 0.4) is 0 Å². The molecule has 1 aliphatic rings. The minimum atomic E-state index is -4.33. The number of carbonyl (C=O) groups is 1. The zero-order chi connectivity index (χ0) is 12.0. The second kappa shape index (κ2) is 6.05. The highest BCUT2D eigenvalue weighted by Crippen LogP contribution is 2.14. The molecule has 0 aromatic carbocycles. The molecule has 0 aliphatic carbocycles. The van der Waals surface area contributed by atoms with Gasteiger partial charge in [-0.2, -0.15) is 13.2 Å². The van der Waals surface area contributed by atoms with Crippen LogP contribution in [0.4, 0.5) is 13.2 Å². The summed E-state index contributed by atoms with van der Waals surface area (Å²) < 4.78 is 39.4. The van der Waals surface area contributed by atoms with E-state index in [9.17, 15) is 18.0 Å². The first-order chi connectivity index (χ1) is 7.47. The Hall–Kier alpha value is -0.820. The smallest absolute Gasteiger partial charge is 0.372 e. The highest BCUT2D eigenvalue weighted by molar-refractivity contribution is 5.76. The Bertz CT molecular complexity index is 227. The molecule has 1 fully saturated rings. The van der Waals surface area contributed by atoms with Gasteiger partial charge in [-0.1, -0.05) is 0 Å². The third-order valence-corrected chi connectivity index (χ3v) is 2.16. The largest absolute Gasteiger partial charge is 0.411 e. The molecule has 1 saturated heterocycles. The van der Waals surface area contributed by atoms with Crippen LogP contribution >= 0.6 is 0 Å². The maximum absolute atomic E-state index is 11.7. The van der Waals surface area contributed by atoms with E-state index in [1.54, 1.807) is 0 Å². The molecule has 2 N–H and O–H groups in total. The molecule has 0 unspecified atom stereocenters. The first-order valence-corrected chi connectivity index (χ1v) is 5.12. The van der Waals surface area contributed by atoms with Crippen LogP contribution in [-0.2, 0) is 9.53 Å². The number of hydrogen-bond donors (Lipinski definition) is 2. The van der Waals surface area contributed by atoms with Gasteiger partial charge in [0.25, 0.3) is 0 Å². The van der Waals surface area contributed by atoms with Crippen LogP contribution in [0.15, 0.2) is 0 Å². The van der Waals surface area contributed by atoms with Crippen LogP contribution in [0.5, 0.6) is 0 Å². The molecule has 0 aromatic heterocycles. The van der Waals surface area contributed by atoms with Gasteiger partial charge in [0.15, 0.2) is 0 Å². The molecule has 7 heteroatoms. The predicted octanol–water partition coefficient (Wildman–Crippen LogP) is 0.433. The highest BCUT2D eigenvalue weighted by Gasteiger charge is 2.27. The lowest BCUT2D eigenvalue weighted by Crippen LogP contribution is -2.36. The molecule has 16 heavy (non-hydrogen) atoms. The number of ether oxygens (including phenoxy) is 1. The number of hydrogen-bond acceptors (Lipinski definition) is 3. The second-order valence-corrected chi connectivity index (χ2v) is 3.68. The van der Waals surface area contributed by atoms with Crippen LogP contribution in [0.25, 0.3) is 0 Å². The van der Waals surface area contributed by atoms with Gasteiger partial charge in [-0.3, -0.25) is 4.79 Å². The van der Waals surface area contributed by atoms with Gasteiger partial charge in [0.05, 0.1) is 6.61 Å². The van der Waals surface area contributed by atoms with E-state index in [2.05, 4.69) is 15.4 Å². The van der Waals surface area contributed by atoms with Crippen molar-refractivity contribution in [1.82, 2.24) is 10.6 Å². The van der Waals surface area contributed by atoms with E-state index in [4.69, 9.17) is 0 Å². The number of carbonyl (C=O) groups excluding carboxylic acids is 1. The van der Waals surface area contributed by atoms with Crippen molar-refractivity contribution in [3.05, 3.63) is 0 Å². The number of nitrogens with one attached hydrogen (secondary N) is 2. The molecule has 1 rings (SSSR count). The normalized spacial score (nSPS) is 21.1. The number of rotatable bonds is 5. The van der Waals surface area contributed by atoms with E-state index in [-0.39, 0.29) is 25.0 Å². The fourth-order valence-electron chi connectivity index (χ4n) is 1.43. The standard InChI is InChI=1S/C9H15F3N2O2/c10-9(11,12)6-16-4-2-8(15)14-7-1-3-13-5-7/h7,13H,1-6H2,(H,14,15)/t7-/m0/s1. The van der Waals surface area contributed by atoms with Crippen LogP contribution in [0.2, 0.25) is 0 Å². The molecule has 1 aliphatic heterocycles. The first-order valence-electron chi connectivity index (χ1n) is 5.12. The third-order valence-electron chi connectivity index (χ3n) is 2.16. The Morgan fingerprint density at radius 3 is 2.81 bits per heavy atom. The second-order valence-electron chi connectivity index (χ2n) is 3.68. The molecule has 0 saturated carbocycles. The monoisotopic (exact) mass is 240 g/mol. The summed E-state index contributed by atoms with van der Waals surface area (Å²) in [6, 6.07) is 0.0927. The first kappa shape index (κ1) is 13.2. The summed E-state index contributed by atoms with van der Waals surface area (Å²) in [5.41, 5.74) is 0. The topological polar surface area (TPSA) is 50.4 Å². The quantitative estimate of drug-likeness (QED) is 0.685. The average Bonchev–Trinajstić information content (AvgIpc) is 2.63. The lowest BCUT2D eigenvalue weighted by molar-refractivity contribution is -0.174. The molecular formula is C9H15F3N2O2. The minimum absolute atomic E-state index is 0.0351. The van der Waals surface area contributed by atoms with Crippen molar-refractivity contribution in [1.29, 1.82) is 0 Å². The van der Waals surface area contributed by atoms with E-state index in [0.717, 1.165) is 19.5 Å². The molecule has 94 valence electrons. The van der Waals surface area contributed by atoms with Gasteiger partial charge >= 0.3 is 6.18 Å². The Kier molecular flexibility index (Phi) is 5.01. The van der Waals surface area contributed by atoms with Gasteiger partial charge in [0, 0.05) is 19.0 Å². The molecule has 0 bridgehead atoms. The predicted molar refractivity (Wildman–Crippen MR) is 50.9 cm³/mol. The van der Waals surface area contributed by atoms with Crippen LogP contribution in [-0.4, -0.2) is 44.4 Å². The Balaban J connectivity index is 2.02. The van der Waals surface area contributed by atoms with Gasteiger partial charge < -0.3 is 15.4 Å². The van der Waals surface area contributed by atoms with Gasteiger partial charge in [0.1, 0.15) is 6.61 Å². The Morgan fingerprint density at radius 2 is 2.25 bits per heavy atom. The van der Waals surface area contributed by atoms with Crippen LogP contribution < -0.4 is 10.6 Å². The number of amides is 1. The van der Waals surface area contributed by atoms with Crippen molar-refractivity contribution in [3.63, 3.8) is 0 Å². The summed E-state index contributed by atoms with van der Waals surface area (Å²) in [7, 11) is 0. The van der Waals surface area contributed by atoms with E-state index >= 15 is 0 Å². The molecule has 0 aromatic rings. The fraction of sp³-hybridized carbons (Fsp3) is 0.889. The van der Waals surface area contributed by atoms with Crippen molar-refractivity contribution < 1.29 is 22.7 Å². The summed E-state index contributed by atoms with van der Waals surface area (Å²) in [4.78, 5) is 11.2. The molecule has 0 spiro atoms. The van der Waals surface area contributed by atoms with E-state index in [1.165, 1.54) is 0 Å². The fourth-order valence-corrected chi connectivity index (χ4v) is 1.43. The van der Waals surface area contributed by atoms with Gasteiger partial charge in [-0.25, -0.2) is 0 Å². The summed E-state index contributed by atoms with van der Waals surface area (Å²) in [6.45, 7) is 0.0709. The van der Waals surface area contributed by atoms with Gasteiger partial charge in [0.2, 0.25) is 5.91 Å². The highest BCUT2D eigenvalue weighted by atomic mass is 19.4. The Morgan fingerprint density at radius 1 is 1.50 bits per heavy atom. The molecule has 1 amide bonds. The van der Waals surface area contributed by atoms with Crippen LogP contribution in [0, 0.1) is 0 Å². The zero-order valence-corrected chi connectivity index (χ0v) is 8.77. The van der Waals surface area contributed by atoms with Gasteiger partial charge in [-0.15, -0.1) is 0 Å². The SMILES string of the molecule is O=C(CCOCC(F)(F)F)N[C@H]1CCNC1. The lowest BCUT2D eigenvalue weighted by Gasteiger charge is -2.11. The van der Waals surface area contributed by atoms with Crippen LogP contribution in [0.1, 0.15) is 12.8 Å². The van der Waals surface area contributed by atoms with E-state index < -0.39 is 12.8 Å². The maximum atomic E-state index is 11.7. The van der Waals surface area contributed by atoms with Crippen molar-refractivity contribution in [3.8, 4) is 0 Å². The summed E-state index contributed by atoms with van der Waals surface area (Å²) in [5.74, 6) is -0.268. The molecule has 0 radical (unpaired) electrons. The molecular weight excluding hydrogens is 225 g/mol. The number of halogens is 3. The van der Waals surface area contributed by atoms with Crippen molar-refractivity contribution in [2.45, 2.75) is 25.1 Å². The molecule has 4 nitrogen and oxygen atoms in total. The summed E-state index contributed by atoms with van der Waals surface area (Å²) in [5, 5.41) is 5.78. The van der Waals surface area contributed by atoms with Crippen molar-refractivity contribution in [2.24, 2.45) is 0 Å². The van der Waals surface area contributed by atoms with Gasteiger partial charge in [-0.05, 0) is 13.0 Å². The number of alkyl halides is 3. The minimum Gasteiger partial charge on any atom is -0.372 e. The van der Waals surface area contributed by atoms with Crippen molar-refractivity contribution >= 4 is 5.91 Å². The maximum Gasteiger partial charge on any atom is 0.411 e. The molecule has 1 atom stereocenters. The van der Waals surface area contributed by atoms with E-state index in [0.29, 0.717) is 0 Å². The lowest BCUT2D eigenvalue weighted by atomic mass is 10.2. The summed E-state index contributed by atoms with van der Waals surface area (Å²) >= 11 is 0. The Labute approximate surface area is 91.5 Å². The summed E-state index contributed by atoms with van der Waals surface area (Å²) in [6.07, 6.45) is -3.51. The van der Waals surface area contributed by atoms with Crippen molar-refractivity contribution in [2.75, 3.05) is 26.3 Å². The zero-order valence-electron chi connectivity index (χ0n) is 8.77. The average molecular weight is 240 g/mol.